The molecule has 2 heterocycles. The van der Waals surface area contributed by atoms with Gasteiger partial charge in [0.1, 0.15) is 6.04 Å². The summed E-state index contributed by atoms with van der Waals surface area (Å²) in [7, 11) is -3.95. The van der Waals surface area contributed by atoms with Crippen LogP contribution in [0.5, 0.6) is 0 Å². The fourth-order valence-electron chi connectivity index (χ4n) is 3.66. The maximum absolute atomic E-state index is 13.2. The number of hydrogen-bond donors (Lipinski definition) is 3. The van der Waals surface area contributed by atoms with E-state index in [-0.39, 0.29) is 30.2 Å². The lowest BCUT2D eigenvalue weighted by atomic mass is 10.0. The Hall–Kier alpha value is -2.63. The summed E-state index contributed by atoms with van der Waals surface area (Å²) in [5.41, 5.74) is 0.875. The van der Waals surface area contributed by atoms with Crippen LogP contribution >= 0.6 is 11.3 Å². The maximum Gasteiger partial charge on any atom is 0.289 e. The number of rotatable bonds is 7. The Bertz CT molecular complexity index is 1120. The quantitative estimate of drug-likeness (QED) is 0.488. The van der Waals surface area contributed by atoms with E-state index in [1.165, 1.54) is 23.5 Å². The SMILES string of the molecule is CC(C)CC(NS(=O)(=O)c1ccccc1)C(=O)NC1CCCc2nc(cs2)CCNC(=O)C1=O. The lowest BCUT2D eigenvalue weighted by molar-refractivity contribution is -0.140. The van der Waals surface area contributed by atoms with Crippen LogP contribution in [0, 0.1) is 5.92 Å². The Morgan fingerprint density at radius 1 is 1.21 bits per heavy atom. The Balaban J connectivity index is 1.76. The number of sulfonamides is 1. The number of benzene rings is 1. The molecule has 2 aromatic rings. The summed E-state index contributed by atoms with van der Waals surface area (Å²) in [5, 5.41) is 8.10. The van der Waals surface area contributed by atoms with Crippen LogP contribution in [0.4, 0.5) is 0 Å². The highest BCUT2D eigenvalue weighted by molar-refractivity contribution is 7.89. The zero-order valence-electron chi connectivity index (χ0n) is 19.2. The van der Waals surface area contributed by atoms with Crippen molar-refractivity contribution in [2.45, 2.75) is 62.9 Å². The van der Waals surface area contributed by atoms with E-state index in [2.05, 4.69) is 20.3 Å². The Kier molecular flexibility index (Phi) is 8.92. The molecule has 3 rings (SSSR count). The Morgan fingerprint density at radius 2 is 1.94 bits per heavy atom. The van der Waals surface area contributed by atoms with Gasteiger partial charge in [-0.1, -0.05) is 32.0 Å². The molecule has 0 fully saturated rings. The number of nitrogens with zero attached hydrogens (tertiary/aromatic N) is 1. The zero-order valence-corrected chi connectivity index (χ0v) is 20.9. The van der Waals surface area contributed by atoms with Crippen molar-refractivity contribution >= 4 is 39.0 Å². The third-order valence-corrected chi connectivity index (χ3v) is 7.83. The van der Waals surface area contributed by atoms with Crippen LogP contribution in [0.25, 0.3) is 0 Å². The molecule has 184 valence electrons. The number of carbonyl (C=O) groups is 3. The summed E-state index contributed by atoms with van der Waals surface area (Å²) in [6.07, 6.45) is 2.16. The molecule has 1 aromatic carbocycles. The van der Waals surface area contributed by atoms with Gasteiger partial charge < -0.3 is 10.6 Å². The molecular weight excluding hydrogens is 476 g/mol. The van der Waals surface area contributed by atoms with E-state index >= 15 is 0 Å². The van der Waals surface area contributed by atoms with E-state index in [1.807, 2.05) is 19.2 Å². The van der Waals surface area contributed by atoms with Crippen molar-refractivity contribution in [2.24, 2.45) is 5.92 Å². The van der Waals surface area contributed by atoms with E-state index in [0.29, 0.717) is 19.3 Å². The van der Waals surface area contributed by atoms with Gasteiger partial charge in [0, 0.05) is 18.3 Å². The lowest BCUT2D eigenvalue weighted by Crippen LogP contribution is -2.54. The molecule has 1 aliphatic heterocycles. The minimum Gasteiger partial charge on any atom is -0.349 e. The van der Waals surface area contributed by atoms with E-state index in [0.717, 1.165) is 10.7 Å². The lowest BCUT2D eigenvalue weighted by Gasteiger charge is -2.24. The first-order chi connectivity index (χ1) is 16.2. The number of hydrogen-bond acceptors (Lipinski definition) is 7. The Morgan fingerprint density at radius 3 is 2.65 bits per heavy atom. The molecule has 0 radical (unpaired) electrons. The van der Waals surface area contributed by atoms with Gasteiger partial charge in [-0.05, 0) is 43.7 Å². The maximum atomic E-state index is 13.2. The minimum atomic E-state index is -3.95. The van der Waals surface area contributed by atoms with Crippen LogP contribution in [0.3, 0.4) is 0 Å². The van der Waals surface area contributed by atoms with Crippen molar-refractivity contribution in [1.82, 2.24) is 20.3 Å². The molecule has 11 heteroatoms. The number of fused-ring (bicyclic) bond motifs is 2. The second-order valence-corrected chi connectivity index (χ2v) is 11.3. The summed E-state index contributed by atoms with van der Waals surface area (Å²) in [6, 6.07) is 5.63. The third kappa shape index (κ3) is 7.18. The number of nitrogens with one attached hydrogen (secondary N) is 3. The zero-order chi connectivity index (χ0) is 24.7. The predicted octanol–water partition coefficient (Wildman–Crippen LogP) is 1.59. The van der Waals surface area contributed by atoms with Gasteiger partial charge in [0.05, 0.1) is 21.6 Å². The average Bonchev–Trinajstić information content (AvgIpc) is 3.24. The first-order valence-electron chi connectivity index (χ1n) is 11.3. The highest BCUT2D eigenvalue weighted by Crippen LogP contribution is 2.16. The fourth-order valence-corrected chi connectivity index (χ4v) is 5.77. The van der Waals surface area contributed by atoms with Crippen molar-refractivity contribution in [3.8, 4) is 0 Å². The van der Waals surface area contributed by atoms with Crippen LogP contribution in [-0.4, -0.2) is 49.6 Å². The second-order valence-electron chi connectivity index (χ2n) is 8.67. The molecule has 0 saturated carbocycles. The molecule has 2 amide bonds. The van der Waals surface area contributed by atoms with Crippen LogP contribution in [0.1, 0.15) is 43.8 Å². The molecule has 0 aliphatic carbocycles. The monoisotopic (exact) mass is 506 g/mol. The molecule has 2 bridgehead atoms. The number of aryl methyl sites for hydroxylation is 1. The molecule has 2 unspecified atom stereocenters. The topological polar surface area (TPSA) is 134 Å². The van der Waals surface area contributed by atoms with Crippen LogP contribution < -0.4 is 15.4 Å². The third-order valence-electron chi connectivity index (χ3n) is 5.38. The summed E-state index contributed by atoms with van der Waals surface area (Å²) in [4.78, 5) is 42.9. The predicted molar refractivity (Wildman–Crippen MR) is 129 cm³/mol. The number of amides is 2. The van der Waals surface area contributed by atoms with Crippen LogP contribution in [0.15, 0.2) is 40.6 Å². The van der Waals surface area contributed by atoms with Gasteiger partial charge in [-0.3, -0.25) is 14.4 Å². The highest BCUT2D eigenvalue weighted by Gasteiger charge is 2.32. The van der Waals surface area contributed by atoms with Gasteiger partial charge in [0.15, 0.2) is 0 Å². The normalized spacial score (nSPS) is 18.5. The van der Waals surface area contributed by atoms with Gasteiger partial charge in [0.25, 0.3) is 5.91 Å². The van der Waals surface area contributed by atoms with E-state index in [9.17, 15) is 22.8 Å². The number of Topliss-reactive ketones (excluding diaryl/α,β-unsaturated/α-hetero) is 1. The van der Waals surface area contributed by atoms with Gasteiger partial charge in [-0.15, -0.1) is 11.3 Å². The first-order valence-corrected chi connectivity index (χ1v) is 13.6. The largest absolute Gasteiger partial charge is 0.349 e. The smallest absolute Gasteiger partial charge is 0.289 e. The van der Waals surface area contributed by atoms with Crippen molar-refractivity contribution in [2.75, 3.05) is 6.54 Å². The van der Waals surface area contributed by atoms with Crippen LogP contribution in [0.2, 0.25) is 0 Å². The summed E-state index contributed by atoms with van der Waals surface area (Å²) >= 11 is 1.53. The second kappa shape index (κ2) is 11.7. The minimum absolute atomic E-state index is 0.00336. The number of ketones is 1. The molecule has 2 atom stereocenters. The number of carbonyl (C=O) groups excluding carboxylic acids is 3. The number of aromatic nitrogens is 1. The van der Waals surface area contributed by atoms with Gasteiger partial charge in [-0.2, -0.15) is 4.72 Å². The molecule has 34 heavy (non-hydrogen) atoms. The van der Waals surface area contributed by atoms with E-state index in [4.69, 9.17) is 0 Å². The molecule has 0 saturated heterocycles. The molecule has 1 aliphatic rings. The highest BCUT2D eigenvalue weighted by atomic mass is 32.2. The summed E-state index contributed by atoms with van der Waals surface area (Å²) in [5.74, 6) is -2.14. The first kappa shape index (κ1) is 26.0. The standard InChI is InChI=1S/C23H30N4O5S2/c1-15(2)13-19(27-34(31,32)17-7-4-3-5-8-17)22(29)26-18-9-6-10-20-25-16(14-33-20)11-12-24-23(30)21(18)28/h3-5,7-8,14-15,18-19,27H,6,9-13H2,1-2H3,(H,24,30)(H,26,29). The van der Waals surface area contributed by atoms with Crippen molar-refractivity contribution in [3.05, 3.63) is 46.4 Å². The molecule has 9 nitrogen and oxygen atoms in total. The fraction of sp³-hybridized carbons (Fsp3) is 0.478. The number of thiazole rings is 1. The van der Waals surface area contributed by atoms with Gasteiger partial charge >= 0.3 is 0 Å². The summed E-state index contributed by atoms with van der Waals surface area (Å²) in [6.45, 7) is 4.00. The molecule has 1 aromatic heterocycles. The summed E-state index contributed by atoms with van der Waals surface area (Å²) < 4.78 is 28.1. The Labute approximate surface area is 203 Å². The van der Waals surface area contributed by atoms with E-state index in [1.54, 1.807) is 18.2 Å². The van der Waals surface area contributed by atoms with Crippen LogP contribution in [-0.2, 0) is 37.2 Å². The van der Waals surface area contributed by atoms with Crippen molar-refractivity contribution < 1.29 is 22.8 Å². The molecular formula is C23H30N4O5S2. The van der Waals surface area contributed by atoms with E-state index < -0.39 is 39.7 Å². The van der Waals surface area contributed by atoms with Gasteiger partial charge in [0.2, 0.25) is 21.7 Å². The van der Waals surface area contributed by atoms with Gasteiger partial charge in [-0.25, -0.2) is 13.4 Å². The van der Waals surface area contributed by atoms with Crippen molar-refractivity contribution in [3.63, 3.8) is 0 Å². The van der Waals surface area contributed by atoms with Crippen molar-refractivity contribution in [1.29, 1.82) is 0 Å². The molecule has 3 N–H and O–H groups in total. The molecule has 0 spiro atoms. The average molecular weight is 507 g/mol.